The third-order valence-electron chi connectivity index (χ3n) is 5.95. The maximum absolute atomic E-state index is 9.03. The molecule has 0 saturated carbocycles. The predicted molar refractivity (Wildman–Crippen MR) is 107 cm³/mol. The largest absolute Gasteiger partial charge is 0.366 e. The second kappa shape index (κ2) is 6.55. The monoisotopic (exact) mass is 355 g/mol. The molecule has 3 heterocycles. The van der Waals surface area contributed by atoms with E-state index in [9.17, 15) is 0 Å². The van der Waals surface area contributed by atoms with E-state index in [1.54, 1.807) is 0 Å². The summed E-state index contributed by atoms with van der Waals surface area (Å²) in [4.78, 5) is 14.3. The summed E-state index contributed by atoms with van der Waals surface area (Å²) in [5.41, 5.74) is 3.82. The van der Waals surface area contributed by atoms with E-state index in [4.69, 9.17) is 10.2 Å². The first-order chi connectivity index (χ1) is 13.3. The van der Waals surface area contributed by atoms with Crippen molar-refractivity contribution in [2.24, 2.45) is 5.92 Å². The highest BCUT2D eigenvalue weighted by molar-refractivity contribution is 5.75. The van der Waals surface area contributed by atoms with Crippen LogP contribution in [0.5, 0.6) is 0 Å². The summed E-state index contributed by atoms with van der Waals surface area (Å²) in [6, 6.07) is 18.7. The van der Waals surface area contributed by atoms with Gasteiger partial charge < -0.3 is 9.80 Å². The Bertz CT molecular complexity index is 1010. The summed E-state index contributed by atoms with van der Waals surface area (Å²) in [5, 5.41) is 9.03. The smallest absolute Gasteiger partial charge is 0.147 e. The molecule has 2 aliphatic rings. The van der Waals surface area contributed by atoms with Gasteiger partial charge in [0.25, 0.3) is 0 Å². The lowest BCUT2D eigenvalue weighted by atomic mass is 9.92. The van der Waals surface area contributed by atoms with Gasteiger partial charge in [-0.3, -0.25) is 4.98 Å². The number of hydrogen-bond acceptors (Lipinski definition) is 5. The zero-order valence-corrected chi connectivity index (χ0v) is 15.1. The standard InChI is InChI=1S/C22H21N5/c23-13-16-5-7-18(8-6-16)27-12-10-17-9-11-26(15-21(17)27)22-14-24-19-3-1-2-4-20(19)25-22/h1-8,14,17,21H,9-12,15H2. The van der Waals surface area contributed by atoms with Gasteiger partial charge in [-0.15, -0.1) is 0 Å². The highest BCUT2D eigenvalue weighted by Crippen LogP contribution is 2.36. The van der Waals surface area contributed by atoms with E-state index in [1.165, 1.54) is 18.5 Å². The van der Waals surface area contributed by atoms with Crippen molar-refractivity contribution in [1.82, 2.24) is 9.97 Å². The lowest BCUT2D eigenvalue weighted by molar-refractivity contribution is 0.389. The van der Waals surface area contributed by atoms with Gasteiger partial charge in [0, 0.05) is 31.4 Å². The molecule has 2 fully saturated rings. The summed E-state index contributed by atoms with van der Waals surface area (Å²) in [7, 11) is 0. The number of para-hydroxylation sites is 2. The Kier molecular flexibility index (Phi) is 3.90. The van der Waals surface area contributed by atoms with E-state index < -0.39 is 0 Å². The van der Waals surface area contributed by atoms with Crippen LogP contribution in [-0.2, 0) is 0 Å². The Hall–Kier alpha value is -3.13. The zero-order valence-electron chi connectivity index (χ0n) is 15.1. The van der Waals surface area contributed by atoms with E-state index >= 15 is 0 Å². The van der Waals surface area contributed by atoms with Crippen molar-refractivity contribution in [3.63, 3.8) is 0 Å². The molecule has 2 aromatic carbocycles. The first-order valence-corrected chi connectivity index (χ1v) is 9.55. The fraction of sp³-hybridized carbons (Fsp3) is 0.318. The summed E-state index contributed by atoms with van der Waals surface area (Å²) in [6.07, 6.45) is 4.33. The maximum atomic E-state index is 9.03. The average molecular weight is 355 g/mol. The summed E-state index contributed by atoms with van der Waals surface area (Å²) >= 11 is 0. The molecule has 2 aliphatic heterocycles. The Balaban J connectivity index is 1.40. The Morgan fingerprint density at radius 2 is 1.74 bits per heavy atom. The third-order valence-corrected chi connectivity index (χ3v) is 5.95. The van der Waals surface area contributed by atoms with Crippen LogP contribution in [0.4, 0.5) is 11.5 Å². The van der Waals surface area contributed by atoms with Crippen LogP contribution in [0.25, 0.3) is 11.0 Å². The normalized spacial score (nSPS) is 21.9. The quantitative estimate of drug-likeness (QED) is 0.703. The number of nitrogens with zero attached hydrogens (tertiary/aromatic N) is 5. The first kappa shape index (κ1) is 16.1. The van der Waals surface area contributed by atoms with E-state index in [-0.39, 0.29) is 0 Å². The van der Waals surface area contributed by atoms with Crippen molar-refractivity contribution in [2.45, 2.75) is 18.9 Å². The van der Waals surface area contributed by atoms with Crippen molar-refractivity contribution in [2.75, 3.05) is 29.4 Å². The van der Waals surface area contributed by atoms with E-state index in [0.717, 1.165) is 42.4 Å². The topological polar surface area (TPSA) is 56.1 Å². The van der Waals surface area contributed by atoms with Gasteiger partial charge >= 0.3 is 0 Å². The number of nitriles is 1. The van der Waals surface area contributed by atoms with Gasteiger partial charge in [-0.25, -0.2) is 4.98 Å². The minimum Gasteiger partial charge on any atom is -0.366 e. The second-order valence-corrected chi connectivity index (χ2v) is 7.42. The molecule has 0 bridgehead atoms. The molecular formula is C22H21N5. The Morgan fingerprint density at radius 1 is 0.963 bits per heavy atom. The Morgan fingerprint density at radius 3 is 2.56 bits per heavy atom. The number of piperidine rings is 1. The molecule has 5 heteroatoms. The highest BCUT2D eigenvalue weighted by atomic mass is 15.3. The van der Waals surface area contributed by atoms with Crippen LogP contribution in [0, 0.1) is 17.2 Å². The first-order valence-electron chi connectivity index (χ1n) is 9.55. The molecular weight excluding hydrogens is 334 g/mol. The molecule has 134 valence electrons. The van der Waals surface area contributed by atoms with Crippen LogP contribution >= 0.6 is 0 Å². The van der Waals surface area contributed by atoms with Crippen LogP contribution in [0.3, 0.4) is 0 Å². The molecule has 0 radical (unpaired) electrons. The maximum Gasteiger partial charge on any atom is 0.147 e. The number of hydrogen-bond donors (Lipinski definition) is 0. The number of fused-ring (bicyclic) bond motifs is 2. The van der Waals surface area contributed by atoms with Gasteiger partial charge in [-0.2, -0.15) is 5.26 Å². The molecule has 0 amide bonds. The molecule has 0 aliphatic carbocycles. The van der Waals surface area contributed by atoms with Crippen LogP contribution in [0.1, 0.15) is 18.4 Å². The minimum atomic E-state index is 0.486. The van der Waals surface area contributed by atoms with Gasteiger partial charge in [0.05, 0.1) is 28.9 Å². The molecule has 0 N–H and O–H groups in total. The molecule has 0 spiro atoms. The molecule has 27 heavy (non-hydrogen) atoms. The summed E-state index contributed by atoms with van der Waals surface area (Å²) < 4.78 is 0. The van der Waals surface area contributed by atoms with E-state index in [2.05, 4.69) is 33.0 Å². The van der Waals surface area contributed by atoms with Gasteiger partial charge in [0.1, 0.15) is 5.82 Å². The molecule has 2 atom stereocenters. The predicted octanol–water partition coefficient (Wildman–Crippen LogP) is 3.61. The van der Waals surface area contributed by atoms with Crippen molar-refractivity contribution in [3.8, 4) is 6.07 Å². The fourth-order valence-electron chi connectivity index (χ4n) is 4.50. The lowest BCUT2D eigenvalue weighted by Crippen LogP contribution is -2.48. The van der Waals surface area contributed by atoms with Crippen LogP contribution in [0.2, 0.25) is 0 Å². The highest BCUT2D eigenvalue weighted by Gasteiger charge is 2.38. The summed E-state index contributed by atoms with van der Waals surface area (Å²) in [5.74, 6) is 1.70. The molecule has 5 rings (SSSR count). The van der Waals surface area contributed by atoms with Crippen LogP contribution in [0.15, 0.2) is 54.7 Å². The van der Waals surface area contributed by atoms with Crippen molar-refractivity contribution >= 4 is 22.5 Å². The molecule has 2 unspecified atom stereocenters. The van der Waals surface area contributed by atoms with E-state index in [0.29, 0.717) is 11.6 Å². The van der Waals surface area contributed by atoms with Crippen LogP contribution < -0.4 is 9.80 Å². The summed E-state index contributed by atoms with van der Waals surface area (Å²) in [6.45, 7) is 3.09. The molecule has 3 aromatic rings. The van der Waals surface area contributed by atoms with Crippen molar-refractivity contribution in [1.29, 1.82) is 5.26 Å². The molecule has 5 nitrogen and oxygen atoms in total. The Labute approximate surface area is 158 Å². The number of rotatable bonds is 2. The number of aromatic nitrogens is 2. The lowest BCUT2D eigenvalue weighted by Gasteiger charge is -2.39. The molecule has 2 saturated heterocycles. The van der Waals surface area contributed by atoms with Crippen molar-refractivity contribution in [3.05, 3.63) is 60.3 Å². The number of anilines is 2. The van der Waals surface area contributed by atoms with Crippen LogP contribution in [-0.4, -0.2) is 35.6 Å². The minimum absolute atomic E-state index is 0.486. The molecule has 1 aromatic heterocycles. The van der Waals surface area contributed by atoms with Gasteiger partial charge in [0.2, 0.25) is 0 Å². The fourth-order valence-corrected chi connectivity index (χ4v) is 4.50. The third kappa shape index (κ3) is 2.87. The number of benzene rings is 2. The zero-order chi connectivity index (χ0) is 18.2. The average Bonchev–Trinajstić information content (AvgIpc) is 3.16. The van der Waals surface area contributed by atoms with Gasteiger partial charge in [0.15, 0.2) is 0 Å². The van der Waals surface area contributed by atoms with E-state index in [1.807, 2.05) is 42.6 Å². The SMILES string of the molecule is N#Cc1ccc(N2CCC3CCN(c4cnc5ccccc5n4)CC32)cc1. The van der Waals surface area contributed by atoms with Crippen molar-refractivity contribution < 1.29 is 0 Å². The second-order valence-electron chi connectivity index (χ2n) is 7.42. The van der Waals surface area contributed by atoms with Gasteiger partial charge in [-0.05, 0) is 55.2 Å². The van der Waals surface area contributed by atoms with Gasteiger partial charge in [-0.1, -0.05) is 12.1 Å².